The number of hydrogen-bond donors (Lipinski definition) is 1. The molecule has 0 atom stereocenters. The lowest BCUT2D eigenvalue weighted by atomic mass is 10.1. The van der Waals surface area contributed by atoms with E-state index in [1.165, 1.54) is 33.1 Å². The molecule has 1 amide bonds. The number of amidine groups is 3. The standard InChI is InChI=1S/C23H21N5O7S2/c1-13(2)37(32,33)23-26-36-22-25-21(29)16(20(24)27(22)23)10-14-8-9-18(19(11-14)34-3)35-12-15-6-4-5-7-17(15)28(30)31/h4-11,13,24H,12H2,1-3H3. The van der Waals surface area contributed by atoms with Crippen molar-refractivity contribution in [2.75, 3.05) is 7.11 Å². The first-order valence-electron chi connectivity index (χ1n) is 10.8. The predicted molar refractivity (Wildman–Crippen MR) is 139 cm³/mol. The van der Waals surface area contributed by atoms with Crippen LogP contribution in [0.15, 0.2) is 57.4 Å². The Morgan fingerprint density at radius 1 is 1.22 bits per heavy atom. The van der Waals surface area contributed by atoms with E-state index in [0.29, 0.717) is 16.9 Å². The number of nitrogens with zero attached hydrogens (tertiary/aromatic N) is 4. The van der Waals surface area contributed by atoms with Gasteiger partial charge >= 0.3 is 0 Å². The number of rotatable bonds is 7. The summed E-state index contributed by atoms with van der Waals surface area (Å²) in [5.41, 5.74) is 0.639. The maximum Gasteiger partial charge on any atom is 0.283 e. The number of nitro groups is 1. The van der Waals surface area contributed by atoms with Gasteiger partial charge in [-0.3, -0.25) is 20.3 Å². The molecule has 0 radical (unpaired) electrons. The molecule has 0 aliphatic carbocycles. The van der Waals surface area contributed by atoms with Crippen molar-refractivity contribution >= 4 is 55.6 Å². The third-order valence-electron chi connectivity index (χ3n) is 5.44. The summed E-state index contributed by atoms with van der Waals surface area (Å²) in [6, 6.07) is 10.9. The van der Waals surface area contributed by atoms with Crippen LogP contribution in [0.3, 0.4) is 0 Å². The van der Waals surface area contributed by atoms with Crippen LogP contribution in [-0.2, 0) is 21.2 Å². The van der Waals surface area contributed by atoms with Crippen LogP contribution in [0.4, 0.5) is 5.69 Å². The summed E-state index contributed by atoms with van der Waals surface area (Å²) in [5, 5.41) is 18.7. The lowest BCUT2D eigenvalue weighted by Gasteiger charge is -2.25. The Bertz CT molecular complexity index is 1510. The zero-order valence-electron chi connectivity index (χ0n) is 19.9. The van der Waals surface area contributed by atoms with Crippen molar-refractivity contribution in [2.24, 2.45) is 9.39 Å². The number of carbonyl (C=O) groups excluding carboxylic acids is 1. The fourth-order valence-electron chi connectivity index (χ4n) is 3.42. The van der Waals surface area contributed by atoms with Crippen LogP contribution in [-0.4, -0.2) is 52.7 Å². The number of nitro benzene ring substituents is 1. The Hall–Kier alpha value is -4.04. The van der Waals surface area contributed by atoms with Crippen molar-refractivity contribution in [3.05, 3.63) is 69.3 Å². The molecule has 0 bridgehead atoms. The summed E-state index contributed by atoms with van der Waals surface area (Å²) in [6.07, 6.45) is 1.39. The number of hydrogen-bond acceptors (Lipinski definition) is 10. The first-order valence-corrected chi connectivity index (χ1v) is 13.1. The minimum atomic E-state index is -3.83. The lowest BCUT2D eigenvalue weighted by molar-refractivity contribution is -0.385. The van der Waals surface area contributed by atoms with Gasteiger partial charge in [-0.05, 0) is 43.7 Å². The van der Waals surface area contributed by atoms with Crippen LogP contribution in [0.25, 0.3) is 6.08 Å². The highest BCUT2D eigenvalue weighted by Crippen LogP contribution is 2.33. The molecule has 2 aliphatic rings. The van der Waals surface area contributed by atoms with Gasteiger partial charge in [0.25, 0.3) is 11.6 Å². The van der Waals surface area contributed by atoms with E-state index >= 15 is 0 Å². The summed E-state index contributed by atoms with van der Waals surface area (Å²) in [5.74, 6) is -0.480. The van der Waals surface area contributed by atoms with Gasteiger partial charge in [-0.1, -0.05) is 18.2 Å². The number of ether oxygens (including phenoxy) is 2. The first-order chi connectivity index (χ1) is 17.5. The van der Waals surface area contributed by atoms with Crippen LogP contribution in [0.2, 0.25) is 0 Å². The molecule has 14 heteroatoms. The van der Waals surface area contributed by atoms with E-state index in [9.17, 15) is 23.3 Å². The van der Waals surface area contributed by atoms with Gasteiger partial charge in [0.1, 0.15) is 12.4 Å². The molecule has 2 aromatic rings. The third kappa shape index (κ3) is 4.97. The minimum absolute atomic E-state index is 0.00251. The molecule has 4 rings (SSSR count). The van der Waals surface area contributed by atoms with Crippen molar-refractivity contribution in [3.63, 3.8) is 0 Å². The van der Waals surface area contributed by atoms with Gasteiger partial charge in [0.2, 0.25) is 20.2 Å². The normalized spacial score (nSPS) is 16.5. The van der Waals surface area contributed by atoms with E-state index in [1.807, 2.05) is 0 Å². The Labute approximate surface area is 216 Å². The second kappa shape index (κ2) is 10.1. The topological polar surface area (TPSA) is 165 Å². The molecule has 0 unspecified atom stereocenters. The largest absolute Gasteiger partial charge is 0.493 e. The maximum atomic E-state index is 12.7. The molecule has 2 aliphatic heterocycles. The average Bonchev–Trinajstić information content (AvgIpc) is 3.30. The minimum Gasteiger partial charge on any atom is -0.493 e. The van der Waals surface area contributed by atoms with Gasteiger partial charge in [-0.15, -0.1) is 0 Å². The summed E-state index contributed by atoms with van der Waals surface area (Å²) in [4.78, 5) is 28.4. The molecule has 12 nitrogen and oxygen atoms in total. The first kappa shape index (κ1) is 26.0. The molecule has 0 spiro atoms. The van der Waals surface area contributed by atoms with Gasteiger partial charge in [-0.25, -0.2) is 13.3 Å². The van der Waals surface area contributed by atoms with Crippen molar-refractivity contribution < 1.29 is 27.6 Å². The van der Waals surface area contributed by atoms with Crippen LogP contribution in [0.1, 0.15) is 25.0 Å². The average molecular weight is 544 g/mol. The van der Waals surface area contributed by atoms with E-state index in [2.05, 4.69) is 9.39 Å². The molecule has 2 heterocycles. The number of amides is 1. The molecule has 0 saturated heterocycles. The molecule has 0 fully saturated rings. The summed E-state index contributed by atoms with van der Waals surface area (Å²) < 4.78 is 40.5. The highest BCUT2D eigenvalue weighted by Gasteiger charge is 2.43. The second-order valence-electron chi connectivity index (χ2n) is 8.09. The smallest absolute Gasteiger partial charge is 0.283 e. The fourth-order valence-corrected chi connectivity index (χ4v) is 5.48. The monoisotopic (exact) mass is 543 g/mol. The summed E-state index contributed by atoms with van der Waals surface area (Å²) in [6.45, 7) is 2.92. The van der Waals surface area contributed by atoms with E-state index in [0.717, 1.165) is 16.8 Å². The van der Waals surface area contributed by atoms with Gasteiger partial charge in [0.05, 0.1) is 40.4 Å². The van der Waals surface area contributed by atoms with E-state index in [-0.39, 0.29) is 39.8 Å². The van der Waals surface area contributed by atoms with Gasteiger partial charge in [-0.2, -0.15) is 9.39 Å². The van der Waals surface area contributed by atoms with Gasteiger partial charge < -0.3 is 9.47 Å². The number of aliphatic imine (C=N–C) groups is 1. The third-order valence-corrected chi connectivity index (χ3v) is 8.28. The molecule has 37 heavy (non-hydrogen) atoms. The number of carbonyl (C=O) groups is 1. The molecular formula is C23H21N5O7S2. The van der Waals surface area contributed by atoms with Gasteiger partial charge in [0.15, 0.2) is 11.5 Å². The second-order valence-corrected chi connectivity index (χ2v) is 11.2. The Morgan fingerprint density at radius 3 is 2.62 bits per heavy atom. The highest BCUT2D eigenvalue weighted by molar-refractivity contribution is 8.16. The van der Waals surface area contributed by atoms with Crippen molar-refractivity contribution in [1.82, 2.24) is 4.90 Å². The summed E-state index contributed by atoms with van der Waals surface area (Å²) >= 11 is 0.726. The SMILES string of the molecule is COc1cc(C=C2C(=N)N3C(=NC2=O)SN=C3S(=O)(=O)C(C)C)ccc1OCc1ccccc1[N+](=O)[O-]. The molecule has 0 aromatic heterocycles. The predicted octanol–water partition coefficient (Wildman–Crippen LogP) is 3.58. The number of para-hydroxylation sites is 1. The van der Waals surface area contributed by atoms with Crippen LogP contribution in [0.5, 0.6) is 11.5 Å². The number of methoxy groups -OCH3 is 1. The zero-order valence-corrected chi connectivity index (χ0v) is 21.5. The van der Waals surface area contributed by atoms with E-state index in [1.54, 1.807) is 36.4 Å². The van der Waals surface area contributed by atoms with E-state index in [4.69, 9.17) is 14.9 Å². The molecule has 192 valence electrons. The lowest BCUT2D eigenvalue weighted by Crippen LogP contribution is -2.46. The van der Waals surface area contributed by atoms with Crippen LogP contribution in [0, 0.1) is 15.5 Å². The fraction of sp³-hybridized carbons (Fsp3) is 0.217. The number of fused-ring (bicyclic) bond motifs is 1. The van der Waals surface area contributed by atoms with Crippen molar-refractivity contribution in [1.29, 1.82) is 5.41 Å². The molecule has 1 N–H and O–H groups in total. The van der Waals surface area contributed by atoms with Crippen molar-refractivity contribution in [3.8, 4) is 11.5 Å². The Kier molecular flexibility index (Phi) is 7.14. The Balaban J connectivity index is 1.61. The van der Waals surface area contributed by atoms with E-state index < -0.39 is 25.9 Å². The molecular weight excluding hydrogens is 522 g/mol. The number of nitrogens with one attached hydrogen (secondary N) is 1. The van der Waals surface area contributed by atoms with Gasteiger partial charge in [0, 0.05) is 6.07 Å². The molecule has 0 saturated carbocycles. The van der Waals surface area contributed by atoms with Crippen molar-refractivity contribution in [2.45, 2.75) is 25.7 Å². The number of benzene rings is 2. The quantitative estimate of drug-likeness (QED) is 0.238. The Morgan fingerprint density at radius 2 is 1.95 bits per heavy atom. The van der Waals surface area contributed by atoms with Crippen LogP contribution >= 0.6 is 11.9 Å². The highest BCUT2D eigenvalue weighted by atomic mass is 32.2. The number of sulfone groups is 1. The summed E-state index contributed by atoms with van der Waals surface area (Å²) in [7, 11) is -2.42. The maximum absolute atomic E-state index is 12.7. The zero-order chi connectivity index (χ0) is 26.9. The van der Waals surface area contributed by atoms with Crippen LogP contribution < -0.4 is 9.47 Å². The molecule has 2 aromatic carbocycles.